The van der Waals surface area contributed by atoms with Crippen LogP contribution in [0.15, 0.2) is 40.2 Å². The summed E-state index contributed by atoms with van der Waals surface area (Å²) >= 11 is 1.28. The number of carbonyl (C=O) groups excluding carboxylic acids is 2. The minimum absolute atomic E-state index is 0.264. The molecule has 1 aromatic carbocycles. The van der Waals surface area contributed by atoms with Crippen molar-refractivity contribution in [2.75, 3.05) is 7.11 Å². The molecule has 0 aliphatic rings. The lowest BCUT2D eigenvalue weighted by Crippen LogP contribution is -2.41. The van der Waals surface area contributed by atoms with Gasteiger partial charge in [0.2, 0.25) is 0 Å². The number of hydrogen-bond donors (Lipinski definition) is 2. The highest BCUT2D eigenvalue weighted by Crippen LogP contribution is 2.29. The molecule has 0 bridgehead atoms. The third-order valence-corrected chi connectivity index (χ3v) is 4.88. The molecule has 28 heavy (non-hydrogen) atoms. The number of benzene rings is 1. The van der Waals surface area contributed by atoms with E-state index in [0.717, 1.165) is 11.3 Å². The average Bonchev–Trinajstić information content (AvgIpc) is 3.35. The smallest absolute Gasteiger partial charge is 0.279 e. The van der Waals surface area contributed by atoms with Crippen molar-refractivity contribution < 1.29 is 23.6 Å². The van der Waals surface area contributed by atoms with Gasteiger partial charge in [-0.25, -0.2) is 0 Å². The van der Waals surface area contributed by atoms with Crippen LogP contribution in [0.3, 0.4) is 0 Å². The first kappa shape index (κ1) is 19.4. The normalized spacial score (nSPS) is 10.4. The molecule has 2 amide bonds. The van der Waals surface area contributed by atoms with Gasteiger partial charge in [0.15, 0.2) is 11.5 Å². The standard InChI is InChI=1S/C19H19N3O5S/c1-11-14(12(2)27-22-11)10-26-15-7-6-13(9-16(15)25-3)18(23)20-21-19(24)17-5-4-8-28-17/h4-9H,10H2,1-3H3,(H,20,23)(H,21,24). The Balaban J connectivity index is 1.65. The van der Waals surface area contributed by atoms with E-state index in [4.69, 9.17) is 14.0 Å². The summed E-state index contributed by atoms with van der Waals surface area (Å²) in [5.74, 6) is 0.704. The quantitative estimate of drug-likeness (QED) is 0.616. The number of hydrazine groups is 1. The van der Waals surface area contributed by atoms with E-state index in [9.17, 15) is 9.59 Å². The molecule has 0 atom stereocenters. The second-order valence-electron chi connectivity index (χ2n) is 5.84. The van der Waals surface area contributed by atoms with Gasteiger partial charge in [-0.3, -0.25) is 20.4 Å². The fourth-order valence-corrected chi connectivity index (χ4v) is 3.06. The third-order valence-electron chi connectivity index (χ3n) is 4.01. The van der Waals surface area contributed by atoms with Crippen molar-refractivity contribution in [2.24, 2.45) is 0 Å². The van der Waals surface area contributed by atoms with E-state index in [-0.39, 0.29) is 12.5 Å². The van der Waals surface area contributed by atoms with Crippen molar-refractivity contribution in [3.8, 4) is 11.5 Å². The lowest BCUT2D eigenvalue weighted by molar-refractivity contribution is 0.0848. The lowest BCUT2D eigenvalue weighted by Gasteiger charge is -2.12. The molecular weight excluding hydrogens is 382 g/mol. The van der Waals surface area contributed by atoms with Crippen molar-refractivity contribution in [3.63, 3.8) is 0 Å². The van der Waals surface area contributed by atoms with Crippen LogP contribution >= 0.6 is 11.3 Å². The number of aromatic nitrogens is 1. The van der Waals surface area contributed by atoms with E-state index < -0.39 is 5.91 Å². The van der Waals surface area contributed by atoms with Crippen molar-refractivity contribution in [1.29, 1.82) is 0 Å². The van der Waals surface area contributed by atoms with Gasteiger partial charge in [0.25, 0.3) is 11.8 Å². The summed E-state index contributed by atoms with van der Waals surface area (Å²) in [5.41, 5.74) is 6.68. The lowest BCUT2D eigenvalue weighted by atomic mass is 10.2. The van der Waals surface area contributed by atoms with E-state index in [1.165, 1.54) is 24.5 Å². The van der Waals surface area contributed by atoms with E-state index in [1.54, 1.807) is 29.6 Å². The third kappa shape index (κ3) is 4.32. The summed E-state index contributed by atoms with van der Waals surface area (Å²) in [5, 5.41) is 5.67. The van der Waals surface area contributed by atoms with Crippen molar-refractivity contribution in [3.05, 3.63) is 63.2 Å². The van der Waals surface area contributed by atoms with E-state index in [0.29, 0.717) is 27.7 Å². The van der Waals surface area contributed by atoms with Crippen LogP contribution in [0.2, 0.25) is 0 Å². The maximum absolute atomic E-state index is 12.3. The summed E-state index contributed by atoms with van der Waals surface area (Å²) in [6, 6.07) is 8.17. The molecule has 2 N–H and O–H groups in total. The number of thiophene rings is 1. The van der Waals surface area contributed by atoms with Gasteiger partial charge in [0, 0.05) is 5.56 Å². The van der Waals surface area contributed by atoms with E-state index in [2.05, 4.69) is 16.0 Å². The van der Waals surface area contributed by atoms with E-state index >= 15 is 0 Å². The average molecular weight is 401 g/mol. The molecular formula is C19H19N3O5S. The van der Waals surface area contributed by atoms with Gasteiger partial charge in [0.1, 0.15) is 12.4 Å². The van der Waals surface area contributed by atoms with Gasteiger partial charge < -0.3 is 14.0 Å². The van der Waals surface area contributed by atoms with Gasteiger partial charge in [-0.2, -0.15) is 0 Å². The molecule has 9 heteroatoms. The molecule has 0 fully saturated rings. The SMILES string of the molecule is COc1cc(C(=O)NNC(=O)c2cccs2)ccc1OCc1c(C)noc1C. The maximum atomic E-state index is 12.3. The first-order chi connectivity index (χ1) is 13.5. The summed E-state index contributed by atoms with van der Waals surface area (Å²) in [7, 11) is 1.48. The number of carbonyl (C=O) groups is 2. The first-order valence-electron chi connectivity index (χ1n) is 8.36. The molecule has 2 heterocycles. The number of amides is 2. The molecule has 8 nitrogen and oxygen atoms in total. The molecule has 0 saturated carbocycles. The molecule has 0 aliphatic carbocycles. The maximum Gasteiger partial charge on any atom is 0.279 e. The number of nitrogens with one attached hydrogen (secondary N) is 2. The highest BCUT2D eigenvalue weighted by atomic mass is 32.1. The summed E-state index contributed by atoms with van der Waals surface area (Å²) in [6.45, 7) is 3.91. The van der Waals surface area contributed by atoms with Crippen LogP contribution in [0.4, 0.5) is 0 Å². The second-order valence-corrected chi connectivity index (χ2v) is 6.79. The number of nitrogens with zero attached hydrogens (tertiary/aromatic N) is 1. The molecule has 0 saturated heterocycles. The highest BCUT2D eigenvalue weighted by Gasteiger charge is 2.15. The Labute approximate surface area is 165 Å². The van der Waals surface area contributed by atoms with Crippen LogP contribution in [-0.2, 0) is 6.61 Å². The topological polar surface area (TPSA) is 103 Å². The Morgan fingerprint density at radius 1 is 1.14 bits per heavy atom. The molecule has 0 unspecified atom stereocenters. The molecule has 3 rings (SSSR count). The van der Waals surface area contributed by atoms with Crippen LogP contribution in [0.5, 0.6) is 11.5 Å². The zero-order valence-corrected chi connectivity index (χ0v) is 16.4. The second kappa shape index (κ2) is 8.57. The Morgan fingerprint density at radius 2 is 1.93 bits per heavy atom. The number of rotatable bonds is 6. The van der Waals surface area contributed by atoms with Gasteiger partial charge in [-0.15, -0.1) is 11.3 Å². The minimum Gasteiger partial charge on any atom is -0.493 e. The van der Waals surface area contributed by atoms with Crippen molar-refractivity contribution in [2.45, 2.75) is 20.5 Å². The molecule has 0 aliphatic heterocycles. The fraction of sp³-hybridized carbons (Fsp3) is 0.211. The molecule has 3 aromatic rings. The summed E-state index contributed by atoms with van der Waals surface area (Å²) in [6.07, 6.45) is 0. The first-order valence-corrected chi connectivity index (χ1v) is 9.24. The predicted molar refractivity (Wildman–Crippen MR) is 103 cm³/mol. The van der Waals surface area contributed by atoms with Crippen LogP contribution in [0.25, 0.3) is 0 Å². The molecule has 0 radical (unpaired) electrons. The van der Waals surface area contributed by atoms with Gasteiger partial charge in [-0.1, -0.05) is 11.2 Å². The number of hydrogen-bond acceptors (Lipinski definition) is 7. The zero-order valence-electron chi connectivity index (χ0n) is 15.6. The molecule has 0 spiro atoms. The van der Waals surface area contributed by atoms with Crippen LogP contribution in [0, 0.1) is 13.8 Å². The highest BCUT2D eigenvalue weighted by molar-refractivity contribution is 7.12. The summed E-state index contributed by atoms with van der Waals surface area (Å²) < 4.78 is 16.2. The Bertz CT molecular complexity index is 962. The number of aryl methyl sites for hydroxylation is 2. The van der Waals surface area contributed by atoms with Gasteiger partial charge in [0.05, 0.1) is 23.2 Å². The molecule has 146 valence electrons. The largest absolute Gasteiger partial charge is 0.493 e. The van der Waals surface area contributed by atoms with Crippen molar-refractivity contribution >= 4 is 23.2 Å². The summed E-state index contributed by atoms with van der Waals surface area (Å²) in [4.78, 5) is 24.7. The Hall–Kier alpha value is -3.33. The van der Waals surface area contributed by atoms with E-state index in [1.807, 2.05) is 13.8 Å². The Morgan fingerprint density at radius 3 is 2.57 bits per heavy atom. The predicted octanol–water partition coefficient (Wildman–Crippen LogP) is 3.02. The van der Waals surface area contributed by atoms with Crippen LogP contribution < -0.4 is 20.3 Å². The fourth-order valence-electron chi connectivity index (χ4n) is 2.44. The van der Waals surface area contributed by atoms with Gasteiger partial charge >= 0.3 is 0 Å². The zero-order chi connectivity index (χ0) is 20.1. The minimum atomic E-state index is -0.472. The van der Waals surface area contributed by atoms with Crippen LogP contribution in [-0.4, -0.2) is 24.1 Å². The van der Waals surface area contributed by atoms with Crippen molar-refractivity contribution in [1.82, 2.24) is 16.0 Å². The monoisotopic (exact) mass is 401 g/mol. The Kier molecular flexibility index (Phi) is 5.95. The van der Waals surface area contributed by atoms with Gasteiger partial charge in [-0.05, 0) is 43.5 Å². The molecule has 2 aromatic heterocycles. The van der Waals surface area contributed by atoms with Crippen LogP contribution in [0.1, 0.15) is 37.0 Å². The number of methoxy groups -OCH3 is 1. The number of ether oxygens (including phenoxy) is 2.